The molecule has 6 aromatic carbocycles. The lowest BCUT2D eigenvalue weighted by Crippen LogP contribution is -2.61. The molecule has 322 valence electrons. The minimum atomic E-state index is -0.109. The number of nitrogens with zero attached hydrogens (tertiary/aromatic N) is 2. The maximum Gasteiger partial charge on any atom is 0.297 e. The second-order valence-electron chi connectivity index (χ2n) is 23.6. The fourth-order valence-electron chi connectivity index (χ4n) is 12.3. The number of benzene rings is 6. The van der Waals surface area contributed by atoms with Crippen molar-refractivity contribution in [2.45, 2.75) is 136 Å². The summed E-state index contributed by atoms with van der Waals surface area (Å²) in [5, 5.41) is 3.84. The standard InChI is InChI=1S/C59H61BN2OS/c1-34-28-46-52-47(29-34)62(45-17-15-19-50-51(45)37-16-13-14-18-49(37)64-50)44-23-20-35(55(2,3)4)30-43(44)60(52)54-53(38-32-41-42(33-48(38)63-54)59(11,12)27-26-58(41,9)10)61(46)36-21-22-39-40(31-36)57(7,8)25-24-56(39,5)6/h13-23,28-33H,24-27H2,1-12H3. The van der Waals surface area contributed by atoms with Crippen LogP contribution in [0, 0.1) is 6.92 Å². The van der Waals surface area contributed by atoms with Crippen molar-refractivity contribution in [3.8, 4) is 0 Å². The highest BCUT2D eigenvalue weighted by atomic mass is 32.1. The van der Waals surface area contributed by atoms with Crippen LogP contribution in [0.25, 0.3) is 31.1 Å². The van der Waals surface area contributed by atoms with Crippen LogP contribution in [0.2, 0.25) is 0 Å². The minimum absolute atomic E-state index is 0.0445. The molecule has 8 aromatic rings. The highest BCUT2D eigenvalue weighted by molar-refractivity contribution is 7.26. The molecule has 0 amide bonds. The van der Waals surface area contributed by atoms with E-state index in [1.54, 1.807) is 0 Å². The van der Waals surface area contributed by atoms with Crippen molar-refractivity contribution in [2.75, 3.05) is 9.80 Å². The Morgan fingerprint density at radius 1 is 0.562 bits per heavy atom. The smallest absolute Gasteiger partial charge is 0.297 e. The molecule has 0 fully saturated rings. The van der Waals surface area contributed by atoms with E-state index in [1.165, 1.54) is 117 Å². The Kier molecular flexibility index (Phi) is 8.16. The zero-order valence-electron chi connectivity index (χ0n) is 39.9. The quantitative estimate of drug-likeness (QED) is 0.162. The number of anilines is 6. The van der Waals surface area contributed by atoms with Crippen molar-refractivity contribution in [1.82, 2.24) is 0 Å². The highest BCUT2D eigenvalue weighted by Gasteiger charge is 2.49. The van der Waals surface area contributed by atoms with E-state index in [4.69, 9.17) is 4.42 Å². The lowest BCUT2D eigenvalue weighted by atomic mass is 9.35. The second kappa shape index (κ2) is 13.0. The summed E-state index contributed by atoms with van der Waals surface area (Å²) in [6.45, 7) is 28.8. The van der Waals surface area contributed by atoms with Gasteiger partial charge in [0.05, 0.1) is 17.0 Å². The molecule has 0 saturated carbocycles. The van der Waals surface area contributed by atoms with Crippen molar-refractivity contribution >= 4 is 99.9 Å². The number of thiophene rings is 1. The molecule has 2 aromatic heterocycles. The van der Waals surface area contributed by atoms with Gasteiger partial charge in [0.15, 0.2) is 0 Å². The van der Waals surface area contributed by atoms with Gasteiger partial charge >= 0.3 is 0 Å². The third kappa shape index (κ3) is 5.58. The zero-order valence-corrected chi connectivity index (χ0v) is 40.7. The predicted octanol–water partition coefficient (Wildman–Crippen LogP) is 15.2. The van der Waals surface area contributed by atoms with Crippen LogP contribution < -0.4 is 26.4 Å². The molecular formula is C59H61BN2OS. The first-order chi connectivity index (χ1) is 30.2. The zero-order chi connectivity index (χ0) is 44.6. The van der Waals surface area contributed by atoms with Crippen LogP contribution in [-0.4, -0.2) is 6.71 Å². The van der Waals surface area contributed by atoms with E-state index < -0.39 is 0 Å². The topological polar surface area (TPSA) is 19.6 Å². The Balaban J connectivity index is 1.22. The predicted molar refractivity (Wildman–Crippen MR) is 277 cm³/mol. The van der Waals surface area contributed by atoms with Crippen LogP contribution in [0.3, 0.4) is 0 Å². The van der Waals surface area contributed by atoms with E-state index in [0.717, 1.165) is 24.1 Å². The number of hydrogen-bond donors (Lipinski definition) is 0. The molecule has 0 bridgehead atoms. The SMILES string of the molecule is Cc1cc2c3c(c1)N(c1cccc4sc5ccccc5c14)c1ccc(C(C)(C)C)cc1B3c1oc3cc4c(cc3c1N2c1ccc2c(c1)C(C)(C)CCC2(C)C)C(C)(C)CCC4(C)C. The van der Waals surface area contributed by atoms with Crippen molar-refractivity contribution in [3.05, 3.63) is 137 Å². The molecule has 64 heavy (non-hydrogen) atoms. The third-order valence-corrected chi connectivity index (χ3v) is 17.5. The molecule has 0 atom stereocenters. The first-order valence-corrected chi connectivity index (χ1v) is 24.6. The average molecular weight is 857 g/mol. The van der Waals surface area contributed by atoms with Gasteiger partial charge in [-0.3, -0.25) is 0 Å². The molecule has 12 rings (SSSR count). The Labute approximate surface area is 384 Å². The van der Waals surface area contributed by atoms with Crippen molar-refractivity contribution in [2.24, 2.45) is 0 Å². The Hall–Kier alpha value is -5.26. The molecule has 0 radical (unpaired) electrons. The molecule has 3 nitrogen and oxygen atoms in total. The molecule has 0 unspecified atom stereocenters. The summed E-state index contributed by atoms with van der Waals surface area (Å²) in [7, 11) is 0. The molecule has 0 saturated heterocycles. The number of rotatable bonds is 2. The Morgan fingerprint density at radius 2 is 1.19 bits per heavy atom. The first-order valence-electron chi connectivity index (χ1n) is 23.8. The van der Waals surface area contributed by atoms with Gasteiger partial charge in [0.1, 0.15) is 5.58 Å². The van der Waals surface area contributed by atoms with Crippen molar-refractivity contribution in [3.63, 3.8) is 0 Å². The fourth-order valence-corrected chi connectivity index (χ4v) is 13.5. The maximum atomic E-state index is 7.62. The van der Waals surface area contributed by atoms with Crippen LogP contribution >= 0.6 is 11.3 Å². The van der Waals surface area contributed by atoms with Crippen LogP contribution in [0.4, 0.5) is 34.1 Å². The van der Waals surface area contributed by atoms with Gasteiger partial charge in [-0.2, -0.15) is 0 Å². The molecule has 5 heteroatoms. The van der Waals surface area contributed by atoms with Crippen molar-refractivity contribution in [1.29, 1.82) is 0 Å². The average Bonchev–Trinajstić information content (AvgIpc) is 3.82. The highest BCUT2D eigenvalue weighted by Crippen LogP contribution is 2.54. The summed E-state index contributed by atoms with van der Waals surface area (Å²) in [6, 6.07) is 40.6. The molecule has 4 aliphatic rings. The van der Waals surface area contributed by atoms with E-state index in [0.29, 0.717) is 0 Å². The molecule has 2 aliphatic carbocycles. The van der Waals surface area contributed by atoms with E-state index in [9.17, 15) is 0 Å². The lowest BCUT2D eigenvalue weighted by Gasteiger charge is -2.45. The van der Waals surface area contributed by atoms with Crippen LogP contribution in [0.15, 0.2) is 108 Å². The second-order valence-corrected chi connectivity index (χ2v) is 24.7. The van der Waals surface area contributed by atoms with Gasteiger partial charge in [0, 0.05) is 48.3 Å². The number of fused-ring (bicyclic) bond motifs is 11. The maximum absolute atomic E-state index is 7.62. The minimum Gasteiger partial charge on any atom is -0.468 e. The van der Waals surface area contributed by atoms with Gasteiger partial charge in [-0.25, -0.2) is 0 Å². The van der Waals surface area contributed by atoms with Gasteiger partial charge < -0.3 is 14.2 Å². The van der Waals surface area contributed by atoms with Crippen LogP contribution in [-0.2, 0) is 27.1 Å². The summed E-state index contributed by atoms with van der Waals surface area (Å²) in [5.74, 6) is 0. The number of hydrogen-bond acceptors (Lipinski definition) is 4. The van der Waals surface area contributed by atoms with Gasteiger partial charge in [-0.05, 0) is 165 Å². The van der Waals surface area contributed by atoms with Gasteiger partial charge in [0.2, 0.25) is 0 Å². The molecular weight excluding hydrogens is 796 g/mol. The summed E-state index contributed by atoms with van der Waals surface area (Å²) < 4.78 is 10.2. The van der Waals surface area contributed by atoms with E-state index >= 15 is 0 Å². The van der Waals surface area contributed by atoms with Gasteiger partial charge in [0.25, 0.3) is 6.71 Å². The summed E-state index contributed by atoms with van der Waals surface area (Å²) in [4.78, 5) is 5.24. The van der Waals surface area contributed by atoms with Crippen LogP contribution in [0.5, 0.6) is 0 Å². The fraction of sp³-hybridized carbons (Fsp3) is 0.356. The molecule has 0 spiro atoms. The number of aryl methyl sites for hydroxylation is 1. The van der Waals surface area contributed by atoms with Gasteiger partial charge in [-0.1, -0.05) is 119 Å². The van der Waals surface area contributed by atoms with Crippen molar-refractivity contribution < 1.29 is 4.42 Å². The third-order valence-electron chi connectivity index (χ3n) is 16.4. The van der Waals surface area contributed by atoms with E-state index in [-0.39, 0.29) is 33.8 Å². The Morgan fingerprint density at radius 3 is 1.89 bits per heavy atom. The lowest BCUT2D eigenvalue weighted by molar-refractivity contribution is 0.332. The monoisotopic (exact) mass is 856 g/mol. The molecule has 2 aliphatic heterocycles. The number of furan rings is 1. The van der Waals surface area contributed by atoms with E-state index in [2.05, 4.69) is 196 Å². The van der Waals surface area contributed by atoms with Crippen LogP contribution in [0.1, 0.15) is 135 Å². The molecule has 0 N–H and O–H groups in total. The summed E-state index contributed by atoms with van der Waals surface area (Å²) >= 11 is 1.89. The normalized spacial score (nSPS) is 18.8. The summed E-state index contributed by atoms with van der Waals surface area (Å²) in [5.41, 5.74) is 20.7. The first kappa shape index (κ1) is 40.3. The Bertz CT molecular complexity index is 3310. The summed E-state index contributed by atoms with van der Waals surface area (Å²) in [6.07, 6.45) is 4.68. The van der Waals surface area contributed by atoms with E-state index in [1.807, 2.05) is 11.3 Å². The van der Waals surface area contributed by atoms with Gasteiger partial charge in [-0.15, -0.1) is 11.3 Å². The molecule has 4 heterocycles. The largest absolute Gasteiger partial charge is 0.468 e.